The number of morpholine rings is 1. The topological polar surface area (TPSA) is 96.7 Å². The molecule has 7 nitrogen and oxygen atoms in total. The standard InChI is InChI=1S/C20H24N4O3/c1-14(22-16-4-2-15(3-5-16)19(21)25)20(26)23-17-6-8-18(9-7-17)24-10-12-27-13-11-24/h2-9,14,22H,10-13H2,1H3,(H2,21,25)(H,23,26)/t14-/m0/s1. The molecule has 0 saturated carbocycles. The molecule has 0 bridgehead atoms. The fourth-order valence-electron chi connectivity index (χ4n) is 2.87. The first kappa shape index (κ1) is 18.7. The van der Waals surface area contributed by atoms with Gasteiger partial charge in [0.1, 0.15) is 6.04 Å². The number of hydrogen-bond acceptors (Lipinski definition) is 5. The maximum Gasteiger partial charge on any atom is 0.248 e. The smallest absolute Gasteiger partial charge is 0.248 e. The number of nitrogens with two attached hydrogens (primary N) is 1. The molecule has 1 saturated heterocycles. The molecule has 4 N–H and O–H groups in total. The van der Waals surface area contributed by atoms with Gasteiger partial charge in [0.15, 0.2) is 0 Å². The summed E-state index contributed by atoms with van der Waals surface area (Å²) in [7, 11) is 0. The Balaban J connectivity index is 1.55. The number of benzene rings is 2. The van der Waals surface area contributed by atoms with Crippen LogP contribution in [0.1, 0.15) is 17.3 Å². The molecule has 0 aliphatic carbocycles. The molecule has 142 valence electrons. The molecule has 1 heterocycles. The molecule has 3 rings (SSSR count). The highest BCUT2D eigenvalue weighted by Crippen LogP contribution is 2.19. The number of hydrogen-bond donors (Lipinski definition) is 3. The van der Waals surface area contributed by atoms with Gasteiger partial charge in [-0.2, -0.15) is 0 Å². The third-order valence-electron chi connectivity index (χ3n) is 4.46. The summed E-state index contributed by atoms with van der Waals surface area (Å²) in [4.78, 5) is 25.8. The number of ether oxygens (including phenoxy) is 1. The minimum Gasteiger partial charge on any atom is -0.378 e. The van der Waals surface area contributed by atoms with Crippen LogP contribution in [0, 0.1) is 0 Å². The molecule has 1 aliphatic heterocycles. The van der Waals surface area contributed by atoms with E-state index in [-0.39, 0.29) is 5.91 Å². The van der Waals surface area contributed by atoms with E-state index in [9.17, 15) is 9.59 Å². The van der Waals surface area contributed by atoms with Crippen molar-refractivity contribution < 1.29 is 14.3 Å². The lowest BCUT2D eigenvalue weighted by atomic mass is 10.2. The number of primary amides is 1. The minimum absolute atomic E-state index is 0.145. The second-order valence-corrected chi connectivity index (χ2v) is 6.44. The summed E-state index contributed by atoms with van der Waals surface area (Å²) < 4.78 is 5.36. The van der Waals surface area contributed by atoms with E-state index in [1.165, 1.54) is 0 Å². The number of anilines is 3. The molecule has 1 fully saturated rings. The first-order valence-corrected chi connectivity index (χ1v) is 8.93. The number of amides is 2. The summed E-state index contributed by atoms with van der Waals surface area (Å²) in [5.74, 6) is -0.624. The second kappa shape index (κ2) is 8.55. The maximum absolute atomic E-state index is 12.4. The number of nitrogens with zero attached hydrogens (tertiary/aromatic N) is 1. The van der Waals surface area contributed by atoms with Crippen LogP contribution in [0.4, 0.5) is 17.1 Å². The zero-order valence-corrected chi connectivity index (χ0v) is 15.3. The van der Waals surface area contributed by atoms with Crippen molar-refractivity contribution in [1.82, 2.24) is 0 Å². The van der Waals surface area contributed by atoms with Crippen molar-refractivity contribution in [3.05, 3.63) is 54.1 Å². The van der Waals surface area contributed by atoms with Crippen molar-refractivity contribution in [3.63, 3.8) is 0 Å². The molecule has 0 unspecified atom stereocenters. The van der Waals surface area contributed by atoms with Gasteiger partial charge in [-0.1, -0.05) is 0 Å². The van der Waals surface area contributed by atoms with Crippen LogP contribution in [0.15, 0.2) is 48.5 Å². The number of carbonyl (C=O) groups is 2. The molecule has 7 heteroatoms. The van der Waals surface area contributed by atoms with Crippen LogP contribution in [-0.4, -0.2) is 44.2 Å². The van der Waals surface area contributed by atoms with E-state index < -0.39 is 11.9 Å². The van der Waals surface area contributed by atoms with Crippen molar-refractivity contribution in [2.75, 3.05) is 41.8 Å². The fourth-order valence-corrected chi connectivity index (χ4v) is 2.87. The van der Waals surface area contributed by atoms with Gasteiger partial charge in [0.2, 0.25) is 11.8 Å². The Labute approximate surface area is 158 Å². The zero-order chi connectivity index (χ0) is 19.2. The van der Waals surface area contributed by atoms with Gasteiger partial charge < -0.3 is 26.0 Å². The van der Waals surface area contributed by atoms with E-state index in [0.29, 0.717) is 5.56 Å². The molecular formula is C20H24N4O3. The second-order valence-electron chi connectivity index (χ2n) is 6.44. The lowest BCUT2D eigenvalue weighted by Crippen LogP contribution is -2.36. The molecule has 27 heavy (non-hydrogen) atoms. The molecule has 0 aromatic heterocycles. The Morgan fingerprint density at radius 1 is 1.00 bits per heavy atom. The highest BCUT2D eigenvalue weighted by Gasteiger charge is 2.14. The van der Waals surface area contributed by atoms with Crippen molar-refractivity contribution >= 4 is 28.9 Å². The largest absolute Gasteiger partial charge is 0.378 e. The summed E-state index contributed by atoms with van der Waals surface area (Å²) in [5, 5.41) is 6.01. The predicted molar refractivity (Wildman–Crippen MR) is 106 cm³/mol. The molecule has 0 spiro atoms. The average molecular weight is 368 g/mol. The van der Waals surface area contributed by atoms with Crippen LogP contribution in [0.3, 0.4) is 0 Å². The lowest BCUT2D eigenvalue weighted by Gasteiger charge is -2.29. The van der Waals surface area contributed by atoms with Crippen LogP contribution >= 0.6 is 0 Å². The van der Waals surface area contributed by atoms with Crippen molar-refractivity contribution in [2.45, 2.75) is 13.0 Å². The fraction of sp³-hybridized carbons (Fsp3) is 0.300. The molecule has 2 aromatic rings. The Morgan fingerprint density at radius 2 is 1.59 bits per heavy atom. The van der Waals surface area contributed by atoms with E-state index in [2.05, 4.69) is 15.5 Å². The Kier molecular flexibility index (Phi) is 5.93. The molecule has 1 aliphatic rings. The minimum atomic E-state index is -0.479. The van der Waals surface area contributed by atoms with Crippen molar-refractivity contribution in [2.24, 2.45) is 5.73 Å². The van der Waals surface area contributed by atoms with E-state index in [1.54, 1.807) is 31.2 Å². The Morgan fingerprint density at radius 3 is 2.19 bits per heavy atom. The molecule has 0 radical (unpaired) electrons. The van der Waals surface area contributed by atoms with Gasteiger partial charge in [0.05, 0.1) is 13.2 Å². The van der Waals surface area contributed by atoms with Gasteiger partial charge in [-0.05, 0) is 55.5 Å². The summed E-state index contributed by atoms with van der Waals surface area (Å²) >= 11 is 0. The molecule has 1 atom stereocenters. The van der Waals surface area contributed by atoms with Crippen LogP contribution in [0.5, 0.6) is 0 Å². The van der Waals surface area contributed by atoms with E-state index >= 15 is 0 Å². The van der Waals surface area contributed by atoms with Gasteiger partial charge in [0.25, 0.3) is 0 Å². The van der Waals surface area contributed by atoms with Crippen LogP contribution < -0.4 is 21.3 Å². The van der Waals surface area contributed by atoms with Gasteiger partial charge >= 0.3 is 0 Å². The Hall–Kier alpha value is -3.06. The normalized spacial score (nSPS) is 15.1. The zero-order valence-electron chi connectivity index (χ0n) is 15.3. The third-order valence-corrected chi connectivity index (χ3v) is 4.46. The van der Waals surface area contributed by atoms with Crippen LogP contribution in [0.25, 0.3) is 0 Å². The quantitative estimate of drug-likeness (QED) is 0.725. The molecule has 2 aromatic carbocycles. The summed E-state index contributed by atoms with van der Waals surface area (Å²) in [6.07, 6.45) is 0. The van der Waals surface area contributed by atoms with Gasteiger partial charge in [-0.25, -0.2) is 0 Å². The highest BCUT2D eigenvalue weighted by molar-refractivity contribution is 5.96. The number of rotatable bonds is 6. The number of carbonyl (C=O) groups excluding carboxylic acids is 2. The van der Waals surface area contributed by atoms with E-state index in [4.69, 9.17) is 10.5 Å². The summed E-state index contributed by atoms with van der Waals surface area (Å²) in [5.41, 5.74) is 8.26. The predicted octanol–water partition coefficient (Wildman–Crippen LogP) is 2.06. The summed E-state index contributed by atoms with van der Waals surface area (Å²) in [6, 6.07) is 14.1. The van der Waals surface area contributed by atoms with E-state index in [0.717, 1.165) is 43.4 Å². The van der Waals surface area contributed by atoms with Crippen LogP contribution in [-0.2, 0) is 9.53 Å². The average Bonchev–Trinajstić information content (AvgIpc) is 2.69. The first-order chi connectivity index (χ1) is 13.0. The maximum atomic E-state index is 12.4. The first-order valence-electron chi connectivity index (χ1n) is 8.93. The highest BCUT2D eigenvalue weighted by atomic mass is 16.5. The SMILES string of the molecule is C[C@H](Nc1ccc(C(N)=O)cc1)C(=O)Nc1ccc(N2CCOCC2)cc1. The van der Waals surface area contributed by atoms with Crippen molar-refractivity contribution in [3.8, 4) is 0 Å². The number of nitrogens with one attached hydrogen (secondary N) is 2. The van der Waals surface area contributed by atoms with Gasteiger partial charge in [-0.15, -0.1) is 0 Å². The van der Waals surface area contributed by atoms with Gasteiger partial charge in [0, 0.05) is 35.7 Å². The van der Waals surface area contributed by atoms with Crippen LogP contribution in [0.2, 0.25) is 0 Å². The van der Waals surface area contributed by atoms with Crippen molar-refractivity contribution in [1.29, 1.82) is 0 Å². The van der Waals surface area contributed by atoms with Gasteiger partial charge in [-0.3, -0.25) is 9.59 Å². The molecular weight excluding hydrogens is 344 g/mol. The molecule has 2 amide bonds. The third kappa shape index (κ3) is 4.98. The Bertz CT molecular complexity index is 784. The van der Waals surface area contributed by atoms with E-state index in [1.807, 2.05) is 24.3 Å². The monoisotopic (exact) mass is 368 g/mol. The lowest BCUT2D eigenvalue weighted by molar-refractivity contribution is -0.116. The summed E-state index contributed by atoms with van der Waals surface area (Å²) in [6.45, 7) is 5.01.